The first-order valence-electron chi connectivity index (χ1n) is 9.10. The lowest BCUT2D eigenvalue weighted by atomic mass is 9.82. The summed E-state index contributed by atoms with van der Waals surface area (Å²) in [5.74, 6) is -0.357. The number of amides is 4. The lowest BCUT2D eigenvalue weighted by Crippen LogP contribution is -2.51. The Kier molecular flexibility index (Phi) is 5.08. The Bertz CT molecular complexity index is 516. The minimum atomic E-state index is -0.818. The van der Waals surface area contributed by atoms with Crippen molar-refractivity contribution >= 4 is 17.8 Å². The number of carbonyl (C=O) groups is 3. The summed E-state index contributed by atoms with van der Waals surface area (Å²) in [6, 6.07) is -0.540. The van der Waals surface area contributed by atoms with Crippen LogP contribution in [0.5, 0.6) is 0 Å². The fourth-order valence-electron chi connectivity index (χ4n) is 4.09. The summed E-state index contributed by atoms with van der Waals surface area (Å²) in [5, 5.41) is 3.60. The average molecular weight is 337 g/mol. The Hall–Kier alpha value is -1.63. The number of hydrazine groups is 1. The van der Waals surface area contributed by atoms with Crippen molar-refractivity contribution in [2.75, 3.05) is 6.61 Å². The molecule has 0 radical (unpaired) electrons. The molecule has 1 spiro atoms. The summed E-state index contributed by atoms with van der Waals surface area (Å²) < 4.78 is 5.69. The molecule has 1 heterocycles. The van der Waals surface area contributed by atoms with Crippen LogP contribution in [0.15, 0.2) is 0 Å². The summed E-state index contributed by atoms with van der Waals surface area (Å²) in [7, 11) is 0. The van der Waals surface area contributed by atoms with Gasteiger partial charge in [-0.25, -0.2) is 4.79 Å². The summed E-state index contributed by atoms with van der Waals surface area (Å²) in [5.41, 5.74) is 1.59. The van der Waals surface area contributed by atoms with E-state index in [1.54, 1.807) is 0 Å². The molecule has 2 N–H and O–H groups in total. The molecule has 2 saturated carbocycles. The first-order chi connectivity index (χ1) is 11.5. The number of imide groups is 1. The van der Waals surface area contributed by atoms with E-state index in [2.05, 4.69) is 17.7 Å². The Balaban J connectivity index is 1.52. The lowest BCUT2D eigenvalue weighted by Gasteiger charge is -2.30. The maximum atomic E-state index is 12.6. The van der Waals surface area contributed by atoms with Crippen molar-refractivity contribution in [2.24, 2.45) is 5.92 Å². The second kappa shape index (κ2) is 7.09. The van der Waals surface area contributed by atoms with Gasteiger partial charge in [0, 0.05) is 0 Å². The number of hydrogen-bond donors (Lipinski definition) is 2. The molecule has 0 bridgehead atoms. The first-order valence-corrected chi connectivity index (χ1v) is 9.10. The molecule has 0 unspecified atom stereocenters. The van der Waals surface area contributed by atoms with Crippen molar-refractivity contribution in [2.45, 2.75) is 76.4 Å². The summed E-state index contributed by atoms with van der Waals surface area (Å²) in [6.45, 7) is 2.01. The Morgan fingerprint density at radius 2 is 1.92 bits per heavy atom. The van der Waals surface area contributed by atoms with E-state index in [0.717, 1.165) is 43.5 Å². The Morgan fingerprint density at radius 3 is 2.62 bits per heavy atom. The molecule has 3 rings (SSSR count). The molecule has 134 valence electrons. The number of nitrogens with zero attached hydrogens (tertiary/aromatic N) is 1. The molecule has 0 aromatic carbocycles. The number of hydrogen-bond acceptors (Lipinski definition) is 4. The van der Waals surface area contributed by atoms with Crippen LogP contribution in [-0.4, -0.2) is 41.1 Å². The summed E-state index contributed by atoms with van der Waals surface area (Å²) in [4.78, 5) is 36.8. The molecule has 1 saturated heterocycles. The van der Waals surface area contributed by atoms with Crippen LogP contribution >= 0.6 is 0 Å². The van der Waals surface area contributed by atoms with Crippen LogP contribution in [0.4, 0.5) is 4.79 Å². The fraction of sp³-hybridized carbons (Fsp3) is 0.824. The zero-order valence-corrected chi connectivity index (χ0v) is 14.3. The van der Waals surface area contributed by atoms with E-state index in [4.69, 9.17) is 4.74 Å². The molecule has 4 amide bonds. The minimum absolute atomic E-state index is 0.0808. The van der Waals surface area contributed by atoms with Gasteiger partial charge in [-0.2, -0.15) is 5.01 Å². The van der Waals surface area contributed by atoms with E-state index >= 15 is 0 Å². The average Bonchev–Trinajstić information content (AvgIpc) is 2.79. The van der Waals surface area contributed by atoms with Gasteiger partial charge < -0.3 is 10.1 Å². The van der Waals surface area contributed by atoms with Crippen LogP contribution in [0.3, 0.4) is 0 Å². The predicted molar refractivity (Wildman–Crippen MR) is 86.7 cm³/mol. The molecular formula is C17H27N3O4. The highest BCUT2D eigenvalue weighted by Gasteiger charge is 2.52. The highest BCUT2D eigenvalue weighted by atomic mass is 16.5. The summed E-state index contributed by atoms with van der Waals surface area (Å²) in [6.07, 6.45) is 8.65. The second-order valence-corrected chi connectivity index (χ2v) is 7.36. The first kappa shape index (κ1) is 17.2. The maximum Gasteiger partial charge on any atom is 0.344 e. The number of nitrogens with one attached hydrogen (secondary N) is 2. The normalized spacial score (nSPS) is 29.6. The largest absolute Gasteiger partial charge is 0.368 e. The smallest absolute Gasteiger partial charge is 0.344 e. The van der Waals surface area contributed by atoms with E-state index in [9.17, 15) is 14.4 Å². The Morgan fingerprint density at radius 1 is 1.21 bits per heavy atom. The van der Waals surface area contributed by atoms with Gasteiger partial charge in [0.1, 0.15) is 12.1 Å². The van der Waals surface area contributed by atoms with Crippen molar-refractivity contribution in [3.05, 3.63) is 0 Å². The molecular weight excluding hydrogens is 310 g/mol. The molecule has 0 aromatic rings. The van der Waals surface area contributed by atoms with E-state index in [-0.39, 0.29) is 18.6 Å². The van der Waals surface area contributed by atoms with Crippen molar-refractivity contribution in [3.63, 3.8) is 0 Å². The molecule has 2 atom stereocenters. The van der Waals surface area contributed by atoms with E-state index in [1.807, 2.05) is 0 Å². The van der Waals surface area contributed by atoms with Crippen molar-refractivity contribution in [1.82, 2.24) is 15.8 Å². The van der Waals surface area contributed by atoms with Crippen LogP contribution in [-0.2, 0) is 14.3 Å². The lowest BCUT2D eigenvalue weighted by molar-refractivity contribution is -0.143. The van der Waals surface area contributed by atoms with Gasteiger partial charge in [-0.05, 0) is 31.6 Å². The van der Waals surface area contributed by atoms with Gasteiger partial charge in [-0.15, -0.1) is 0 Å². The zero-order chi connectivity index (χ0) is 17.2. The van der Waals surface area contributed by atoms with Crippen molar-refractivity contribution in [1.29, 1.82) is 0 Å². The topological polar surface area (TPSA) is 87.7 Å². The molecule has 3 aliphatic rings. The van der Waals surface area contributed by atoms with Crippen LogP contribution in [0, 0.1) is 5.92 Å². The van der Waals surface area contributed by atoms with E-state index < -0.39 is 17.5 Å². The SMILES string of the molecule is C[C@H]1CCCC[C@@H]1OCC(=O)NN1C(=O)NC2(CCCCC2)C1=O. The summed E-state index contributed by atoms with van der Waals surface area (Å²) >= 11 is 0. The molecule has 24 heavy (non-hydrogen) atoms. The Labute approximate surface area is 142 Å². The third-order valence-electron chi connectivity index (χ3n) is 5.57. The molecule has 2 aliphatic carbocycles. The number of carbonyl (C=O) groups excluding carboxylic acids is 3. The van der Waals surface area contributed by atoms with Gasteiger partial charge in [-0.1, -0.05) is 39.0 Å². The number of rotatable bonds is 4. The van der Waals surface area contributed by atoms with Gasteiger partial charge >= 0.3 is 6.03 Å². The highest BCUT2D eigenvalue weighted by molar-refractivity contribution is 6.08. The van der Waals surface area contributed by atoms with Crippen LogP contribution < -0.4 is 10.7 Å². The predicted octanol–water partition coefficient (Wildman–Crippen LogP) is 1.87. The van der Waals surface area contributed by atoms with Gasteiger partial charge in [0.05, 0.1) is 6.10 Å². The monoisotopic (exact) mass is 337 g/mol. The van der Waals surface area contributed by atoms with Gasteiger partial charge in [0.2, 0.25) is 0 Å². The third kappa shape index (κ3) is 3.41. The van der Waals surface area contributed by atoms with Gasteiger partial charge in [0.25, 0.3) is 11.8 Å². The number of urea groups is 1. The van der Waals surface area contributed by atoms with Gasteiger partial charge in [-0.3, -0.25) is 15.0 Å². The van der Waals surface area contributed by atoms with Crippen molar-refractivity contribution < 1.29 is 19.1 Å². The second-order valence-electron chi connectivity index (χ2n) is 7.36. The quantitative estimate of drug-likeness (QED) is 0.767. The zero-order valence-electron chi connectivity index (χ0n) is 14.3. The van der Waals surface area contributed by atoms with Crippen LogP contribution in [0.25, 0.3) is 0 Å². The third-order valence-corrected chi connectivity index (χ3v) is 5.57. The minimum Gasteiger partial charge on any atom is -0.368 e. The van der Waals surface area contributed by atoms with Crippen LogP contribution in [0.2, 0.25) is 0 Å². The molecule has 1 aliphatic heterocycles. The van der Waals surface area contributed by atoms with E-state index in [1.165, 1.54) is 6.42 Å². The maximum absolute atomic E-state index is 12.6. The van der Waals surface area contributed by atoms with Crippen molar-refractivity contribution in [3.8, 4) is 0 Å². The standard InChI is InChI=1S/C17H27N3O4/c1-12-7-3-4-8-13(12)24-11-14(21)19-20-15(22)17(18-16(20)23)9-5-2-6-10-17/h12-13H,2-11H2,1H3,(H,18,23)(H,19,21)/t12-,13-/m0/s1. The van der Waals surface area contributed by atoms with Gasteiger partial charge in [0.15, 0.2) is 0 Å². The molecule has 0 aromatic heterocycles. The highest BCUT2D eigenvalue weighted by Crippen LogP contribution is 2.33. The number of ether oxygens (including phenoxy) is 1. The molecule has 7 heteroatoms. The van der Waals surface area contributed by atoms with E-state index in [0.29, 0.717) is 18.8 Å². The fourth-order valence-corrected chi connectivity index (χ4v) is 4.09. The molecule has 7 nitrogen and oxygen atoms in total. The molecule has 3 fully saturated rings. The van der Waals surface area contributed by atoms with Crippen LogP contribution in [0.1, 0.15) is 64.7 Å².